The van der Waals surface area contributed by atoms with Crippen molar-refractivity contribution >= 4 is 33.2 Å². The molecule has 0 atom stereocenters. The van der Waals surface area contributed by atoms with Crippen LogP contribution in [-0.4, -0.2) is 34.6 Å². The number of nitrogens with one attached hydrogen (secondary N) is 2. The molecule has 3 rings (SSSR count). The number of ether oxygens (including phenoxy) is 2. The van der Waals surface area contributed by atoms with E-state index in [1.165, 1.54) is 18.2 Å². The minimum absolute atomic E-state index is 0.0206. The average Bonchev–Trinajstić information content (AvgIpc) is 2.80. The van der Waals surface area contributed by atoms with Crippen LogP contribution in [-0.2, 0) is 10.0 Å². The third-order valence-electron chi connectivity index (χ3n) is 5.05. The number of carbonyl (C=O) groups is 1. The number of sulfonamides is 1. The highest BCUT2D eigenvalue weighted by Crippen LogP contribution is 2.27. The van der Waals surface area contributed by atoms with E-state index in [4.69, 9.17) is 21.1 Å². The number of hydrogen-bond donors (Lipinski definition) is 2. The Labute approximate surface area is 198 Å². The molecule has 0 radical (unpaired) electrons. The molecule has 0 aliphatic rings. The molecule has 33 heavy (non-hydrogen) atoms. The van der Waals surface area contributed by atoms with Crippen LogP contribution in [0.4, 0.5) is 5.69 Å². The van der Waals surface area contributed by atoms with Gasteiger partial charge in [0.05, 0.1) is 24.4 Å². The van der Waals surface area contributed by atoms with Gasteiger partial charge in [0.15, 0.2) is 0 Å². The molecule has 1 amide bonds. The van der Waals surface area contributed by atoms with Crippen molar-refractivity contribution in [2.45, 2.75) is 18.7 Å². The molecular weight excluding hydrogens is 464 g/mol. The second-order valence-corrected chi connectivity index (χ2v) is 9.34. The lowest BCUT2D eigenvalue weighted by Crippen LogP contribution is -2.28. The summed E-state index contributed by atoms with van der Waals surface area (Å²) in [5.74, 6) is 0.923. The predicted octanol–water partition coefficient (Wildman–Crippen LogP) is 4.58. The molecule has 7 nitrogen and oxygen atoms in total. The van der Waals surface area contributed by atoms with E-state index in [1.54, 1.807) is 43.5 Å². The first kappa shape index (κ1) is 24.4. The number of hydrogen-bond acceptors (Lipinski definition) is 5. The summed E-state index contributed by atoms with van der Waals surface area (Å²) in [4.78, 5) is 12.4. The highest BCUT2D eigenvalue weighted by molar-refractivity contribution is 7.92. The van der Waals surface area contributed by atoms with Gasteiger partial charge in [-0.05, 0) is 73.5 Å². The maximum absolute atomic E-state index is 13.0. The topological polar surface area (TPSA) is 93.7 Å². The maximum atomic E-state index is 13.0. The van der Waals surface area contributed by atoms with Gasteiger partial charge in [-0.2, -0.15) is 0 Å². The van der Waals surface area contributed by atoms with E-state index in [0.717, 1.165) is 16.9 Å². The highest BCUT2D eigenvalue weighted by atomic mass is 35.5. The molecule has 0 aliphatic heterocycles. The standard InChI is InChI=1S/C24H25ClN2O5S/c1-16-5-4-6-22(17(16)2)27-33(29,30)23-15-18(7-12-21(23)25)24(28)26-13-14-32-20-10-8-19(31-3)9-11-20/h4-12,15,27H,13-14H2,1-3H3,(H,26,28). The summed E-state index contributed by atoms with van der Waals surface area (Å²) in [6.07, 6.45) is 0. The zero-order valence-corrected chi connectivity index (χ0v) is 20.1. The molecule has 0 aromatic heterocycles. The van der Waals surface area contributed by atoms with Gasteiger partial charge < -0.3 is 14.8 Å². The van der Waals surface area contributed by atoms with Crippen molar-refractivity contribution in [3.05, 3.63) is 82.4 Å². The Kier molecular flexibility index (Phi) is 7.84. The molecule has 0 saturated heterocycles. The van der Waals surface area contributed by atoms with Crippen LogP contribution in [0.1, 0.15) is 21.5 Å². The quantitative estimate of drug-likeness (QED) is 0.430. The number of amides is 1. The van der Waals surface area contributed by atoms with Gasteiger partial charge in [-0.3, -0.25) is 9.52 Å². The lowest BCUT2D eigenvalue weighted by atomic mass is 10.1. The maximum Gasteiger partial charge on any atom is 0.263 e. The van der Waals surface area contributed by atoms with Crippen molar-refractivity contribution in [3.63, 3.8) is 0 Å². The van der Waals surface area contributed by atoms with Crippen LogP contribution in [0.2, 0.25) is 5.02 Å². The van der Waals surface area contributed by atoms with E-state index in [1.807, 2.05) is 19.9 Å². The van der Waals surface area contributed by atoms with Crippen molar-refractivity contribution in [1.29, 1.82) is 0 Å². The molecule has 0 fully saturated rings. The summed E-state index contributed by atoms with van der Waals surface area (Å²) in [7, 11) is -2.42. The molecular formula is C24H25ClN2O5S. The molecule has 2 N–H and O–H groups in total. The molecule has 0 bridgehead atoms. The van der Waals surface area contributed by atoms with Gasteiger partial charge in [0.1, 0.15) is 23.0 Å². The second kappa shape index (κ2) is 10.6. The van der Waals surface area contributed by atoms with Crippen LogP contribution < -0.4 is 19.5 Å². The van der Waals surface area contributed by atoms with Crippen molar-refractivity contribution < 1.29 is 22.7 Å². The Bertz CT molecular complexity index is 1240. The zero-order valence-electron chi connectivity index (χ0n) is 18.5. The number of methoxy groups -OCH3 is 1. The fraction of sp³-hybridized carbons (Fsp3) is 0.208. The molecule has 0 aliphatic carbocycles. The van der Waals surface area contributed by atoms with Crippen LogP contribution in [0.5, 0.6) is 11.5 Å². The first-order chi connectivity index (χ1) is 15.7. The molecule has 174 valence electrons. The van der Waals surface area contributed by atoms with E-state index >= 15 is 0 Å². The van der Waals surface area contributed by atoms with Crippen LogP contribution in [0.25, 0.3) is 0 Å². The van der Waals surface area contributed by atoms with Gasteiger partial charge in [-0.25, -0.2) is 8.42 Å². The zero-order chi connectivity index (χ0) is 24.0. The van der Waals surface area contributed by atoms with Gasteiger partial charge >= 0.3 is 0 Å². The highest BCUT2D eigenvalue weighted by Gasteiger charge is 2.21. The van der Waals surface area contributed by atoms with E-state index in [2.05, 4.69) is 10.0 Å². The summed E-state index contributed by atoms with van der Waals surface area (Å²) in [6.45, 7) is 4.19. The summed E-state index contributed by atoms with van der Waals surface area (Å²) in [5, 5.41) is 2.73. The first-order valence-electron chi connectivity index (χ1n) is 10.1. The fourth-order valence-corrected chi connectivity index (χ4v) is 4.67. The number of carbonyl (C=O) groups excluding carboxylic acids is 1. The van der Waals surface area contributed by atoms with E-state index in [9.17, 15) is 13.2 Å². The van der Waals surface area contributed by atoms with Gasteiger partial charge in [0.25, 0.3) is 15.9 Å². The minimum atomic E-state index is -4.00. The summed E-state index contributed by atoms with van der Waals surface area (Å²) < 4.78 is 39.2. The third kappa shape index (κ3) is 6.18. The lowest BCUT2D eigenvalue weighted by Gasteiger charge is -2.14. The van der Waals surface area contributed by atoms with Crippen LogP contribution in [0.15, 0.2) is 65.6 Å². The van der Waals surface area contributed by atoms with Gasteiger partial charge in [-0.1, -0.05) is 23.7 Å². The Morgan fingerprint density at radius 1 is 1.00 bits per heavy atom. The summed E-state index contributed by atoms with van der Waals surface area (Å²) in [5.41, 5.74) is 2.39. The van der Waals surface area contributed by atoms with Gasteiger partial charge in [0, 0.05) is 5.56 Å². The second-order valence-electron chi connectivity index (χ2n) is 7.28. The van der Waals surface area contributed by atoms with Crippen LogP contribution in [0.3, 0.4) is 0 Å². The number of rotatable bonds is 9. The predicted molar refractivity (Wildman–Crippen MR) is 129 cm³/mol. The van der Waals surface area contributed by atoms with Crippen LogP contribution >= 0.6 is 11.6 Å². The summed E-state index contributed by atoms with van der Waals surface area (Å²) >= 11 is 6.16. The SMILES string of the molecule is COc1ccc(OCCNC(=O)c2ccc(Cl)c(S(=O)(=O)Nc3cccc(C)c3C)c2)cc1. The van der Waals surface area contributed by atoms with Crippen molar-refractivity contribution in [2.24, 2.45) is 0 Å². The first-order valence-corrected chi connectivity index (χ1v) is 12.0. The lowest BCUT2D eigenvalue weighted by molar-refractivity contribution is 0.0947. The minimum Gasteiger partial charge on any atom is -0.497 e. The smallest absolute Gasteiger partial charge is 0.263 e. The Balaban J connectivity index is 1.65. The molecule has 0 heterocycles. The molecule has 0 saturated carbocycles. The number of benzene rings is 3. The Morgan fingerprint density at radius 3 is 2.39 bits per heavy atom. The van der Waals surface area contributed by atoms with Crippen molar-refractivity contribution in [1.82, 2.24) is 5.32 Å². The molecule has 0 unspecified atom stereocenters. The van der Waals surface area contributed by atoms with Crippen molar-refractivity contribution in [2.75, 3.05) is 25.0 Å². The number of anilines is 1. The number of aryl methyl sites for hydroxylation is 1. The number of halogens is 1. The van der Waals surface area contributed by atoms with Crippen LogP contribution in [0, 0.1) is 13.8 Å². The molecule has 3 aromatic carbocycles. The van der Waals surface area contributed by atoms with E-state index < -0.39 is 15.9 Å². The van der Waals surface area contributed by atoms with E-state index in [0.29, 0.717) is 11.4 Å². The van der Waals surface area contributed by atoms with Gasteiger partial charge in [0.2, 0.25) is 0 Å². The average molecular weight is 489 g/mol. The van der Waals surface area contributed by atoms with Gasteiger partial charge in [-0.15, -0.1) is 0 Å². The molecule has 9 heteroatoms. The van der Waals surface area contributed by atoms with Crippen molar-refractivity contribution in [3.8, 4) is 11.5 Å². The molecule has 3 aromatic rings. The summed E-state index contributed by atoms with van der Waals surface area (Å²) in [6, 6.07) is 16.5. The Hall–Kier alpha value is -3.23. The normalized spacial score (nSPS) is 11.0. The third-order valence-corrected chi connectivity index (χ3v) is 6.89. The monoisotopic (exact) mass is 488 g/mol. The molecule has 0 spiro atoms. The largest absolute Gasteiger partial charge is 0.497 e. The Morgan fingerprint density at radius 2 is 1.70 bits per heavy atom. The van der Waals surface area contributed by atoms with E-state index in [-0.39, 0.29) is 28.6 Å². The fourth-order valence-electron chi connectivity index (χ4n) is 3.02.